The van der Waals surface area contributed by atoms with E-state index >= 15 is 0 Å². The SMILES string of the molecule is COc1cccc([C@@H]2C(C(=O)OC(C)C)=C(C)N=C3SC=C(CC(=O)NCCN4CCOCC4)N32)c1OC. The Kier molecular flexibility index (Phi) is 9.35. The summed E-state index contributed by atoms with van der Waals surface area (Å²) in [6, 6.07) is 4.95. The van der Waals surface area contributed by atoms with Gasteiger partial charge < -0.3 is 29.2 Å². The van der Waals surface area contributed by atoms with E-state index < -0.39 is 12.0 Å². The molecule has 0 aromatic heterocycles. The van der Waals surface area contributed by atoms with Crippen molar-refractivity contribution < 1.29 is 28.5 Å². The molecule has 0 spiro atoms. The summed E-state index contributed by atoms with van der Waals surface area (Å²) in [5.74, 6) is 0.498. The molecule has 3 aliphatic heterocycles. The van der Waals surface area contributed by atoms with Crippen LogP contribution in [0.4, 0.5) is 0 Å². The third kappa shape index (κ3) is 6.16. The second kappa shape index (κ2) is 12.7. The number of hydrogen-bond acceptors (Lipinski definition) is 10. The van der Waals surface area contributed by atoms with Crippen LogP contribution in [-0.2, 0) is 19.1 Å². The summed E-state index contributed by atoms with van der Waals surface area (Å²) in [6.45, 7) is 9.94. The van der Waals surface area contributed by atoms with E-state index in [0.29, 0.717) is 34.5 Å². The molecular weight excluding hydrogens is 508 g/mol. The Morgan fingerprint density at radius 1 is 1.21 bits per heavy atom. The van der Waals surface area contributed by atoms with Crippen LogP contribution in [0.1, 0.15) is 38.8 Å². The van der Waals surface area contributed by atoms with Gasteiger partial charge in [-0.05, 0) is 32.2 Å². The van der Waals surface area contributed by atoms with Crippen molar-refractivity contribution in [1.29, 1.82) is 0 Å². The van der Waals surface area contributed by atoms with E-state index in [1.54, 1.807) is 27.2 Å². The number of thioether (sulfide) groups is 1. The monoisotopic (exact) mass is 544 g/mol. The van der Waals surface area contributed by atoms with Gasteiger partial charge in [0.25, 0.3) is 0 Å². The number of morpholine rings is 1. The fraction of sp³-hybridized carbons (Fsp3) is 0.519. The standard InChI is InChI=1S/C27H36N4O6S/c1-17(2)37-26(33)23-18(3)29-27-31(24(23)20-7-6-8-21(34-4)25(20)35-5)19(16-38-27)15-22(32)28-9-10-30-11-13-36-14-12-30/h6-8,16-17,24H,9-15H2,1-5H3,(H,28,32)/t24-/m1/s1. The van der Waals surface area contributed by atoms with E-state index in [2.05, 4.69) is 10.2 Å². The number of methoxy groups -OCH3 is 2. The molecule has 3 aliphatic rings. The highest BCUT2D eigenvalue weighted by Crippen LogP contribution is 2.48. The second-order valence-electron chi connectivity index (χ2n) is 9.41. The zero-order chi connectivity index (χ0) is 27.2. The number of rotatable bonds is 10. The number of carbonyl (C=O) groups is 2. The van der Waals surface area contributed by atoms with Crippen LogP contribution in [0.15, 0.2) is 45.6 Å². The van der Waals surface area contributed by atoms with Crippen molar-refractivity contribution in [3.05, 3.63) is 46.1 Å². The molecule has 0 radical (unpaired) electrons. The first-order valence-corrected chi connectivity index (χ1v) is 13.6. The van der Waals surface area contributed by atoms with Crippen LogP contribution in [0.3, 0.4) is 0 Å². The number of benzene rings is 1. The summed E-state index contributed by atoms with van der Waals surface area (Å²) in [5, 5.41) is 5.64. The van der Waals surface area contributed by atoms with Crippen LogP contribution in [0.2, 0.25) is 0 Å². The lowest BCUT2D eigenvalue weighted by Crippen LogP contribution is -2.42. The Hall–Kier alpha value is -3.02. The molecule has 1 atom stereocenters. The first-order chi connectivity index (χ1) is 18.3. The van der Waals surface area contributed by atoms with Gasteiger partial charge >= 0.3 is 5.97 Å². The lowest BCUT2D eigenvalue weighted by atomic mass is 9.92. The lowest BCUT2D eigenvalue weighted by Gasteiger charge is -2.37. The molecule has 11 heteroatoms. The van der Waals surface area contributed by atoms with Gasteiger partial charge in [-0.2, -0.15) is 0 Å². The third-order valence-corrected chi connectivity index (χ3v) is 7.38. The van der Waals surface area contributed by atoms with Crippen LogP contribution >= 0.6 is 11.8 Å². The summed E-state index contributed by atoms with van der Waals surface area (Å²) in [6.07, 6.45) is -0.162. The van der Waals surface area contributed by atoms with Crippen molar-refractivity contribution in [2.75, 3.05) is 53.6 Å². The lowest BCUT2D eigenvalue weighted by molar-refractivity contribution is -0.143. The van der Waals surface area contributed by atoms with Crippen LogP contribution in [-0.4, -0.2) is 86.6 Å². The Morgan fingerprint density at radius 3 is 2.66 bits per heavy atom. The maximum atomic E-state index is 13.4. The molecule has 10 nitrogen and oxygen atoms in total. The summed E-state index contributed by atoms with van der Waals surface area (Å²) in [4.78, 5) is 35.3. The van der Waals surface area contributed by atoms with Crippen molar-refractivity contribution in [2.45, 2.75) is 39.3 Å². The van der Waals surface area contributed by atoms with Gasteiger partial charge in [0, 0.05) is 37.4 Å². The maximum Gasteiger partial charge on any atom is 0.338 e. The van der Waals surface area contributed by atoms with Crippen LogP contribution in [0.5, 0.6) is 11.5 Å². The minimum Gasteiger partial charge on any atom is -0.493 e. The van der Waals surface area contributed by atoms with Crippen LogP contribution < -0.4 is 14.8 Å². The van der Waals surface area contributed by atoms with Gasteiger partial charge in [0.05, 0.1) is 57.3 Å². The molecule has 1 aromatic rings. The van der Waals surface area contributed by atoms with Gasteiger partial charge in [-0.15, -0.1) is 0 Å². The van der Waals surface area contributed by atoms with E-state index in [4.69, 9.17) is 23.9 Å². The molecule has 1 aromatic carbocycles. The predicted molar refractivity (Wildman–Crippen MR) is 146 cm³/mol. The molecule has 4 rings (SSSR count). The zero-order valence-electron chi connectivity index (χ0n) is 22.6. The molecule has 1 amide bonds. The number of nitrogens with zero attached hydrogens (tertiary/aromatic N) is 3. The fourth-order valence-electron chi connectivity index (χ4n) is 4.74. The molecule has 0 aliphatic carbocycles. The van der Waals surface area contributed by atoms with Gasteiger partial charge in [-0.25, -0.2) is 9.79 Å². The van der Waals surface area contributed by atoms with Crippen LogP contribution in [0, 0.1) is 0 Å². The predicted octanol–water partition coefficient (Wildman–Crippen LogP) is 3.07. The number of aliphatic imine (C=N–C) groups is 1. The Bertz CT molecular complexity index is 1140. The molecular formula is C27H36N4O6S. The van der Waals surface area contributed by atoms with Crippen molar-refractivity contribution in [2.24, 2.45) is 4.99 Å². The van der Waals surface area contributed by atoms with Gasteiger partial charge in [0.2, 0.25) is 5.91 Å². The van der Waals surface area contributed by atoms with Gasteiger partial charge in [-0.3, -0.25) is 9.69 Å². The molecule has 0 bridgehead atoms. The van der Waals surface area contributed by atoms with Gasteiger partial charge in [0.1, 0.15) is 0 Å². The zero-order valence-corrected chi connectivity index (χ0v) is 23.4. The van der Waals surface area contributed by atoms with E-state index in [1.807, 2.05) is 36.3 Å². The van der Waals surface area contributed by atoms with Crippen LogP contribution in [0.25, 0.3) is 0 Å². The highest BCUT2D eigenvalue weighted by Gasteiger charge is 2.43. The summed E-state index contributed by atoms with van der Waals surface area (Å²) >= 11 is 1.43. The van der Waals surface area contributed by atoms with Gasteiger partial charge in [0.15, 0.2) is 16.7 Å². The van der Waals surface area contributed by atoms with E-state index in [9.17, 15) is 9.59 Å². The second-order valence-corrected chi connectivity index (χ2v) is 10.2. The van der Waals surface area contributed by atoms with Crippen molar-refractivity contribution >= 4 is 28.8 Å². The first kappa shape index (κ1) is 28.0. The molecule has 38 heavy (non-hydrogen) atoms. The van der Waals surface area contributed by atoms with Crippen molar-refractivity contribution in [3.63, 3.8) is 0 Å². The number of hydrogen-bond donors (Lipinski definition) is 1. The number of carbonyl (C=O) groups excluding carboxylic acids is 2. The smallest absolute Gasteiger partial charge is 0.338 e. The number of amidine groups is 1. The minimum atomic E-state index is -0.610. The Labute approximate surface area is 228 Å². The number of para-hydroxylation sites is 1. The minimum absolute atomic E-state index is 0.0969. The Morgan fingerprint density at radius 2 is 1.97 bits per heavy atom. The number of esters is 1. The molecule has 3 heterocycles. The molecule has 206 valence electrons. The maximum absolute atomic E-state index is 13.4. The average Bonchev–Trinajstić information content (AvgIpc) is 3.29. The third-order valence-electron chi connectivity index (χ3n) is 6.49. The number of ether oxygens (including phenoxy) is 4. The highest BCUT2D eigenvalue weighted by atomic mass is 32.2. The quantitative estimate of drug-likeness (QED) is 0.445. The number of amides is 1. The van der Waals surface area contributed by atoms with Crippen molar-refractivity contribution in [3.8, 4) is 11.5 Å². The highest BCUT2D eigenvalue weighted by molar-refractivity contribution is 8.16. The number of nitrogens with one attached hydrogen (secondary N) is 1. The molecule has 1 saturated heterocycles. The normalized spacial score (nSPS) is 19.6. The van der Waals surface area contributed by atoms with Gasteiger partial charge in [-0.1, -0.05) is 23.9 Å². The molecule has 0 unspecified atom stereocenters. The molecule has 0 saturated carbocycles. The summed E-state index contributed by atoms with van der Waals surface area (Å²) in [5.41, 5.74) is 2.43. The van der Waals surface area contributed by atoms with Crippen molar-refractivity contribution in [1.82, 2.24) is 15.1 Å². The van der Waals surface area contributed by atoms with E-state index in [1.165, 1.54) is 11.8 Å². The fourth-order valence-corrected chi connectivity index (χ4v) is 5.70. The molecule has 1 N–H and O–H groups in total. The van der Waals surface area contributed by atoms with E-state index in [-0.39, 0.29) is 18.4 Å². The Balaban J connectivity index is 1.61. The molecule has 1 fully saturated rings. The number of allylic oxidation sites excluding steroid dienone is 1. The average molecular weight is 545 g/mol. The topological polar surface area (TPSA) is 102 Å². The van der Waals surface area contributed by atoms with E-state index in [0.717, 1.165) is 44.1 Å². The largest absolute Gasteiger partial charge is 0.493 e. The first-order valence-electron chi connectivity index (χ1n) is 12.8. The summed E-state index contributed by atoms with van der Waals surface area (Å²) in [7, 11) is 3.14. The number of fused-ring (bicyclic) bond motifs is 1. The summed E-state index contributed by atoms with van der Waals surface area (Å²) < 4.78 is 22.3.